The van der Waals surface area contributed by atoms with Crippen LogP contribution < -0.4 is 4.74 Å². The quantitative estimate of drug-likeness (QED) is 0.894. The number of rotatable bonds is 4. The summed E-state index contributed by atoms with van der Waals surface area (Å²) in [6.45, 7) is -0.0952. The topological polar surface area (TPSA) is 72.3 Å². The summed E-state index contributed by atoms with van der Waals surface area (Å²) in [5, 5.41) is 8.91. The maximum atomic E-state index is 13.5. The predicted octanol–water partition coefficient (Wildman–Crippen LogP) is 1.89. The summed E-state index contributed by atoms with van der Waals surface area (Å²) in [5.74, 6) is -1.95. The number of halogens is 1. The van der Waals surface area contributed by atoms with E-state index in [0.29, 0.717) is 5.82 Å². The van der Waals surface area contributed by atoms with Crippen LogP contribution in [0.5, 0.6) is 5.75 Å². The Morgan fingerprint density at radius 1 is 1.28 bits per heavy atom. The van der Waals surface area contributed by atoms with Gasteiger partial charge in [-0.1, -0.05) is 6.07 Å². The first-order valence-electron chi connectivity index (χ1n) is 5.09. The Bertz CT molecular complexity index is 561. The highest BCUT2D eigenvalue weighted by atomic mass is 19.1. The normalized spacial score (nSPS) is 10.1. The van der Waals surface area contributed by atoms with Crippen LogP contribution in [0.3, 0.4) is 0 Å². The van der Waals surface area contributed by atoms with Crippen molar-refractivity contribution < 1.29 is 19.0 Å². The number of carboxylic acids is 1. The van der Waals surface area contributed by atoms with E-state index < -0.39 is 11.8 Å². The van der Waals surface area contributed by atoms with E-state index in [1.807, 2.05) is 0 Å². The molecular weight excluding hydrogens is 239 g/mol. The summed E-state index contributed by atoms with van der Waals surface area (Å²) >= 11 is 0. The van der Waals surface area contributed by atoms with Gasteiger partial charge in [0, 0.05) is 12.4 Å². The van der Waals surface area contributed by atoms with Crippen LogP contribution >= 0.6 is 0 Å². The smallest absolute Gasteiger partial charge is 0.339 e. The molecule has 1 aromatic heterocycles. The molecular formula is C12H9FN2O3. The van der Waals surface area contributed by atoms with Crippen LogP contribution in [0.4, 0.5) is 4.39 Å². The van der Waals surface area contributed by atoms with Gasteiger partial charge in [0.15, 0.2) is 17.4 Å². The third-order valence-electron chi connectivity index (χ3n) is 2.16. The molecule has 5 nitrogen and oxygen atoms in total. The molecule has 0 amide bonds. The first-order chi connectivity index (χ1) is 8.68. The zero-order chi connectivity index (χ0) is 13.0. The molecule has 0 spiro atoms. The molecule has 0 saturated heterocycles. The number of hydrogen-bond donors (Lipinski definition) is 1. The summed E-state index contributed by atoms with van der Waals surface area (Å²) in [6.07, 6.45) is 3.04. The van der Waals surface area contributed by atoms with Crippen molar-refractivity contribution in [2.75, 3.05) is 0 Å². The second-order valence-electron chi connectivity index (χ2n) is 3.38. The van der Waals surface area contributed by atoms with Crippen LogP contribution in [0.15, 0.2) is 36.7 Å². The molecule has 0 fully saturated rings. The number of nitrogens with zero attached hydrogens (tertiary/aromatic N) is 2. The number of benzene rings is 1. The fraction of sp³-hybridized carbons (Fsp3) is 0.0833. The van der Waals surface area contributed by atoms with Gasteiger partial charge in [-0.25, -0.2) is 19.2 Å². The zero-order valence-corrected chi connectivity index (χ0v) is 9.21. The largest absolute Gasteiger partial charge is 0.482 e. The molecule has 92 valence electrons. The summed E-state index contributed by atoms with van der Waals surface area (Å²) in [4.78, 5) is 18.7. The van der Waals surface area contributed by atoms with Gasteiger partial charge in [-0.3, -0.25) is 0 Å². The lowest BCUT2D eigenvalue weighted by Gasteiger charge is -2.08. The SMILES string of the molecule is O=C(O)c1cccc(F)c1OCc1ncccn1. The zero-order valence-electron chi connectivity index (χ0n) is 9.21. The lowest BCUT2D eigenvalue weighted by atomic mass is 10.2. The second kappa shape index (κ2) is 5.22. The van der Waals surface area contributed by atoms with Crippen molar-refractivity contribution in [1.82, 2.24) is 9.97 Å². The lowest BCUT2D eigenvalue weighted by molar-refractivity contribution is 0.0690. The van der Waals surface area contributed by atoms with E-state index in [2.05, 4.69) is 9.97 Å². The molecule has 0 aliphatic rings. The standard InChI is InChI=1S/C12H9FN2O3/c13-9-4-1-3-8(12(16)17)11(9)18-7-10-14-5-2-6-15-10/h1-6H,7H2,(H,16,17). The molecule has 0 unspecified atom stereocenters. The Hall–Kier alpha value is -2.50. The molecule has 0 aliphatic carbocycles. The molecule has 1 N–H and O–H groups in total. The van der Waals surface area contributed by atoms with E-state index >= 15 is 0 Å². The lowest BCUT2D eigenvalue weighted by Crippen LogP contribution is -2.07. The highest BCUT2D eigenvalue weighted by molar-refractivity contribution is 5.90. The Kier molecular flexibility index (Phi) is 3.47. The van der Waals surface area contributed by atoms with Crippen molar-refractivity contribution in [2.45, 2.75) is 6.61 Å². The minimum absolute atomic E-state index is 0.0952. The Morgan fingerprint density at radius 2 is 2.00 bits per heavy atom. The van der Waals surface area contributed by atoms with Crippen molar-refractivity contribution in [3.05, 3.63) is 53.9 Å². The van der Waals surface area contributed by atoms with Crippen LogP contribution in [0.2, 0.25) is 0 Å². The molecule has 18 heavy (non-hydrogen) atoms. The Morgan fingerprint density at radius 3 is 2.67 bits per heavy atom. The molecule has 0 atom stereocenters. The van der Waals surface area contributed by atoms with Crippen LogP contribution in [0.1, 0.15) is 16.2 Å². The first-order valence-corrected chi connectivity index (χ1v) is 5.09. The van der Waals surface area contributed by atoms with Crippen LogP contribution in [0, 0.1) is 5.82 Å². The van der Waals surface area contributed by atoms with Gasteiger partial charge in [0.2, 0.25) is 0 Å². The van der Waals surface area contributed by atoms with E-state index in [1.54, 1.807) is 6.07 Å². The summed E-state index contributed by atoms with van der Waals surface area (Å²) < 4.78 is 18.6. The van der Waals surface area contributed by atoms with Crippen LogP contribution in [-0.4, -0.2) is 21.0 Å². The van der Waals surface area contributed by atoms with E-state index in [0.717, 1.165) is 6.07 Å². The number of carboxylic acid groups (broad SMARTS) is 1. The van der Waals surface area contributed by atoms with Crippen molar-refractivity contribution in [2.24, 2.45) is 0 Å². The molecule has 0 bridgehead atoms. The Balaban J connectivity index is 2.21. The minimum atomic E-state index is -1.25. The summed E-state index contributed by atoms with van der Waals surface area (Å²) in [6, 6.07) is 5.35. The van der Waals surface area contributed by atoms with E-state index in [1.165, 1.54) is 24.5 Å². The maximum absolute atomic E-state index is 13.5. The number of para-hydroxylation sites is 1. The highest BCUT2D eigenvalue weighted by Gasteiger charge is 2.15. The van der Waals surface area contributed by atoms with Gasteiger partial charge in [-0.15, -0.1) is 0 Å². The molecule has 1 heterocycles. The van der Waals surface area contributed by atoms with Crippen LogP contribution in [-0.2, 0) is 6.61 Å². The van der Waals surface area contributed by atoms with Gasteiger partial charge in [-0.05, 0) is 18.2 Å². The van der Waals surface area contributed by atoms with Crippen molar-refractivity contribution in [1.29, 1.82) is 0 Å². The van der Waals surface area contributed by atoms with Gasteiger partial charge < -0.3 is 9.84 Å². The average molecular weight is 248 g/mol. The van der Waals surface area contributed by atoms with E-state index in [9.17, 15) is 9.18 Å². The molecule has 2 rings (SSSR count). The van der Waals surface area contributed by atoms with Gasteiger partial charge in [0.05, 0.1) is 0 Å². The fourth-order valence-electron chi connectivity index (χ4n) is 1.37. The van der Waals surface area contributed by atoms with Gasteiger partial charge in [-0.2, -0.15) is 0 Å². The molecule has 0 saturated carbocycles. The number of aromatic nitrogens is 2. The number of carbonyl (C=O) groups is 1. The van der Waals surface area contributed by atoms with Gasteiger partial charge in [0.25, 0.3) is 0 Å². The third-order valence-corrected chi connectivity index (χ3v) is 2.16. The fourth-order valence-corrected chi connectivity index (χ4v) is 1.37. The minimum Gasteiger partial charge on any atom is -0.482 e. The molecule has 2 aromatic rings. The molecule has 1 aromatic carbocycles. The van der Waals surface area contributed by atoms with Crippen LogP contribution in [0.25, 0.3) is 0 Å². The molecule has 0 radical (unpaired) electrons. The van der Waals surface area contributed by atoms with Crippen molar-refractivity contribution in [3.8, 4) is 5.75 Å². The number of hydrogen-bond acceptors (Lipinski definition) is 4. The van der Waals surface area contributed by atoms with Gasteiger partial charge >= 0.3 is 5.97 Å². The van der Waals surface area contributed by atoms with E-state index in [-0.39, 0.29) is 17.9 Å². The van der Waals surface area contributed by atoms with Crippen molar-refractivity contribution in [3.63, 3.8) is 0 Å². The highest BCUT2D eigenvalue weighted by Crippen LogP contribution is 2.23. The second-order valence-corrected chi connectivity index (χ2v) is 3.38. The number of aromatic carboxylic acids is 1. The van der Waals surface area contributed by atoms with Gasteiger partial charge in [0.1, 0.15) is 12.2 Å². The monoisotopic (exact) mass is 248 g/mol. The van der Waals surface area contributed by atoms with Crippen molar-refractivity contribution >= 4 is 5.97 Å². The first kappa shape index (κ1) is 12.0. The molecule has 0 aliphatic heterocycles. The summed E-state index contributed by atoms with van der Waals surface area (Å²) in [5.41, 5.74) is -0.231. The summed E-state index contributed by atoms with van der Waals surface area (Å²) in [7, 11) is 0. The predicted molar refractivity (Wildman–Crippen MR) is 59.7 cm³/mol. The maximum Gasteiger partial charge on any atom is 0.339 e. The van der Waals surface area contributed by atoms with E-state index in [4.69, 9.17) is 9.84 Å². The Labute approximate surface area is 102 Å². The number of ether oxygens (including phenoxy) is 1. The molecule has 6 heteroatoms. The average Bonchev–Trinajstić information content (AvgIpc) is 2.38. The third kappa shape index (κ3) is 2.60.